The van der Waals surface area contributed by atoms with Gasteiger partial charge in [0, 0.05) is 46.0 Å². The Kier molecular flexibility index (Phi) is 9.79. The zero-order valence-corrected chi connectivity index (χ0v) is 25.9. The lowest BCUT2D eigenvalue weighted by molar-refractivity contribution is -0.917. The molecule has 1 unspecified atom stereocenters. The molecule has 2 aromatic rings. The molecule has 38 heavy (non-hydrogen) atoms. The van der Waals surface area contributed by atoms with Crippen LogP contribution in [0.15, 0.2) is 40.9 Å². The van der Waals surface area contributed by atoms with Crippen LogP contribution in [0.2, 0.25) is 0 Å². The molecule has 1 aliphatic carbocycles. The molecule has 1 saturated carbocycles. The first kappa shape index (κ1) is 29.3. The molecule has 3 N–H and O–H groups in total. The molecular weight excluding hydrogens is 657 g/mol. The molecule has 0 aromatic heterocycles. The summed E-state index contributed by atoms with van der Waals surface area (Å²) in [7, 11) is 2.41. The van der Waals surface area contributed by atoms with Crippen LogP contribution in [0.1, 0.15) is 85.2 Å². The van der Waals surface area contributed by atoms with E-state index in [1.165, 1.54) is 51.5 Å². The van der Waals surface area contributed by atoms with Gasteiger partial charge in [0.2, 0.25) is 11.8 Å². The van der Waals surface area contributed by atoms with Crippen LogP contribution in [-0.4, -0.2) is 49.0 Å². The van der Waals surface area contributed by atoms with Crippen molar-refractivity contribution in [3.05, 3.63) is 57.6 Å². The van der Waals surface area contributed by atoms with Crippen molar-refractivity contribution in [1.29, 1.82) is 0 Å². The maximum Gasteiger partial charge on any atom is 0.248 e. The highest BCUT2D eigenvalue weighted by Gasteiger charge is 2.37. The summed E-state index contributed by atoms with van der Waals surface area (Å²) in [6.07, 6.45) is 11.7. The summed E-state index contributed by atoms with van der Waals surface area (Å²) in [5.41, 5.74) is 7.40. The van der Waals surface area contributed by atoms with Gasteiger partial charge in [0.15, 0.2) is 0 Å². The monoisotopic (exact) mass is 695 g/mol. The molecule has 8 heteroatoms. The van der Waals surface area contributed by atoms with E-state index in [0.29, 0.717) is 22.6 Å². The molecule has 3 aliphatic rings. The minimum atomic E-state index is -0.562. The summed E-state index contributed by atoms with van der Waals surface area (Å²) in [5, 5.41) is 3.36. The third-order valence-corrected chi connectivity index (χ3v) is 9.17. The van der Waals surface area contributed by atoms with Gasteiger partial charge in [-0.1, -0.05) is 48.0 Å². The van der Waals surface area contributed by atoms with Crippen molar-refractivity contribution in [3.63, 3.8) is 0 Å². The van der Waals surface area contributed by atoms with E-state index in [-0.39, 0.29) is 35.9 Å². The number of primary amides is 1. The third-order valence-electron chi connectivity index (χ3n) is 8.68. The van der Waals surface area contributed by atoms with Crippen molar-refractivity contribution < 1.29 is 42.8 Å². The lowest BCUT2D eigenvalue weighted by Gasteiger charge is -2.43. The average molecular weight is 696 g/mol. The normalized spacial score (nSPS) is 25.4. The van der Waals surface area contributed by atoms with Crippen molar-refractivity contribution >= 4 is 27.7 Å². The SMILES string of the molecule is C[N+]1(CC2CCCCCCC2)CCC(NC(=O)C2c3cc(Br)ccc3Oc3ccc(C(N)=O)cc32)CC1.[I-]. The highest BCUT2D eigenvalue weighted by Crippen LogP contribution is 2.45. The Morgan fingerprint density at radius 3 is 2.21 bits per heavy atom. The molecule has 0 spiro atoms. The second-order valence-electron chi connectivity index (χ2n) is 11.6. The number of fused-ring (bicyclic) bond motifs is 2. The van der Waals surface area contributed by atoms with Crippen LogP contribution in [0.3, 0.4) is 0 Å². The first-order valence-electron chi connectivity index (χ1n) is 13.9. The maximum atomic E-state index is 13.8. The fraction of sp³-hybridized carbons (Fsp3) is 0.533. The number of quaternary nitrogens is 1. The Bertz CT molecular complexity index is 1160. The quantitative estimate of drug-likeness (QED) is 0.373. The van der Waals surface area contributed by atoms with E-state index in [2.05, 4.69) is 28.3 Å². The molecule has 0 bridgehead atoms. The highest BCUT2D eigenvalue weighted by atomic mass is 127. The zero-order chi connectivity index (χ0) is 26.0. The Labute approximate surface area is 251 Å². The molecule has 2 fully saturated rings. The molecule has 6 nitrogen and oxygen atoms in total. The standard InChI is InChI=1S/C30H38BrN3O3.HI/c1-34(19-20-7-5-3-2-4-6-8-20)15-13-23(14-16-34)33-30(36)28-24-17-21(29(32)35)9-11-26(24)37-27-12-10-22(31)18-25(27)28;/h9-12,17-18,20,23,28H,2-8,13-16,19H2,1H3,(H2-,32,33,35,36);1H. The summed E-state index contributed by atoms with van der Waals surface area (Å²) in [4.78, 5) is 25.7. The van der Waals surface area contributed by atoms with E-state index in [0.717, 1.165) is 46.4 Å². The van der Waals surface area contributed by atoms with E-state index in [1.54, 1.807) is 18.2 Å². The van der Waals surface area contributed by atoms with Crippen molar-refractivity contribution in [2.24, 2.45) is 11.7 Å². The molecule has 2 heterocycles. The van der Waals surface area contributed by atoms with E-state index < -0.39 is 11.8 Å². The predicted molar refractivity (Wildman–Crippen MR) is 149 cm³/mol. The number of hydrogen-bond donors (Lipinski definition) is 2. The highest BCUT2D eigenvalue weighted by molar-refractivity contribution is 9.10. The summed E-state index contributed by atoms with van der Waals surface area (Å²) in [6, 6.07) is 11.0. The van der Waals surface area contributed by atoms with Crippen LogP contribution < -0.4 is 39.8 Å². The molecule has 1 saturated heterocycles. The molecule has 2 aliphatic heterocycles. The molecule has 2 aromatic carbocycles. The van der Waals surface area contributed by atoms with Gasteiger partial charge >= 0.3 is 0 Å². The van der Waals surface area contributed by atoms with Crippen LogP contribution in [0.5, 0.6) is 11.5 Å². The number of nitrogens with zero attached hydrogens (tertiary/aromatic N) is 1. The summed E-state index contributed by atoms with van der Waals surface area (Å²) >= 11 is 3.54. The smallest absolute Gasteiger partial charge is 0.248 e. The second kappa shape index (κ2) is 12.7. The minimum absolute atomic E-state index is 0. The zero-order valence-electron chi connectivity index (χ0n) is 22.2. The first-order valence-corrected chi connectivity index (χ1v) is 14.7. The Morgan fingerprint density at radius 2 is 1.55 bits per heavy atom. The van der Waals surface area contributed by atoms with Crippen molar-refractivity contribution in [2.75, 3.05) is 26.7 Å². The lowest BCUT2D eigenvalue weighted by atomic mass is 9.85. The van der Waals surface area contributed by atoms with Gasteiger partial charge in [-0.15, -0.1) is 0 Å². The number of nitrogens with one attached hydrogen (secondary N) is 1. The summed E-state index contributed by atoms with van der Waals surface area (Å²) in [5.74, 6) is 0.960. The summed E-state index contributed by atoms with van der Waals surface area (Å²) < 4.78 is 8.10. The van der Waals surface area contributed by atoms with Gasteiger partial charge < -0.3 is 44.2 Å². The number of amides is 2. The number of benzene rings is 2. The van der Waals surface area contributed by atoms with Crippen molar-refractivity contribution in [3.8, 4) is 11.5 Å². The van der Waals surface area contributed by atoms with Gasteiger partial charge in [-0.3, -0.25) is 9.59 Å². The molecule has 2 amide bonds. The molecule has 0 radical (unpaired) electrons. The predicted octanol–water partition coefficient (Wildman–Crippen LogP) is 2.88. The summed E-state index contributed by atoms with van der Waals surface area (Å²) in [6.45, 7) is 3.46. The maximum absolute atomic E-state index is 13.8. The largest absolute Gasteiger partial charge is 1.00 e. The number of carbonyl (C=O) groups excluding carboxylic acids is 2. The molecule has 5 rings (SSSR count). The first-order chi connectivity index (χ1) is 17.8. The van der Waals surface area contributed by atoms with Gasteiger partial charge in [-0.25, -0.2) is 0 Å². The number of halogens is 2. The van der Waals surface area contributed by atoms with E-state index >= 15 is 0 Å². The van der Waals surface area contributed by atoms with Gasteiger partial charge in [0.1, 0.15) is 11.5 Å². The number of hydrogen-bond acceptors (Lipinski definition) is 3. The lowest BCUT2D eigenvalue weighted by Crippen LogP contribution is -3.00. The number of nitrogens with two attached hydrogens (primary N) is 1. The topological polar surface area (TPSA) is 81.4 Å². The number of carbonyl (C=O) groups is 2. The molecular formula is C30H39BrIN3O3. The van der Waals surface area contributed by atoms with Crippen LogP contribution >= 0.6 is 15.9 Å². The van der Waals surface area contributed by atoms with E-state index in [9.17, 15) is 9.59 Å². The minimum Gasteiger partial charge on any atom is -1.00 e. The number of likely N-dealkylation sites (tertiary alicyclic amines) is 1. The number of piperidine rings is 1. The van der Waals surface area contributed by atoms with Crippen LogP contribution in [-0.2, 0) is 4.79 Å². The Hall–Kier alpha value is -1.65. The second-order valence-corrected chi connectivity index (χ2v) is 12.5. The van der Waals surface area contributed by atoms with Crippen molar-refractivity contribution in [2.45, 2.75) is 69.7 Å². The third kappa shape index (κ3) is 6.73. The van der Waals surface area contributed by atoms with Gasteiger partial charge in [-0.2, -0.15) is 0 Å². The average Bonchev–Trinajstić information content (AvgIpc) is 2.85. The number of rotatable bonds is 5. The van der Waals surface area contributed by atoms with Gasteiger partial charge in [0.05, 0.1) is 32.6 Å². The fourth-order valence-corrected chi connectivity index (χ4v) is 6.95. The van der Waals surface area contributed by atoms with Crippen LogP contribution in [0.4, 0.5) is 0 Å². The Balaban J connectivity index is 0.00000336. The van der Waals surface area contributed by atoms with Crippen LogP contribution in [0.25, 0.3) is 0 Å². The van der Waals surface area contributed by atoms with Gasteiger partial charge in [-0.05, 0) is 49.2 Å². The molecule has 206 valence electrons. The number of ether oxygens (including phenoxy) is 1. The fourth-order valence-electron chi connectivity index (χ4n) is 6.58. The van der Waals surface area contributed by atoms with Gasteiger partial charge in [0.25, 0.3) is 0 Å². The Morgan fingerprint density at radius 1 is 0.947 bits per heavy atom. The van der Waals surface area contributed by atoms with Crippen molar-refractivity contribution in [1.82, 2.24) is 5.32 Å². The van der Waals surface area contributed by atoms with E-state index in [1.807, 2.05) is 18.2 Å². The van der Waals surface area contributed by atoms with Crippen LogP contribution in [0, 0.1) is 5.92 Å². The van der Waals surface area contributed by atoms with E-state index in [4.69, 9.17) is 10.5 Å². The molecule has 1 atom stereocenters.